The molecule has 0 bridgehead atoms. The first-order valence-corrected chi connectivity index (χ1v) is 13.8. The molecule has 0 spiro atoms. The second-order valence-electron chi connectivity index (χ2n) is 9.49. The van der Waals surface area contributed by atoms with E-state index >= 15 is 0 Å². The monoisotopic (exact) mass is 547 g/mol. The molecule has 3 aromatic heterocycles. The molecule has 1 aromatic carbocycles. The van der Waals surface area contributed by atoms with Gasteiger partial charge in [0.05, 0.1) is 34.7 Å². The van der Waals surface area contributed by atoms with E-state index < -0.39 is 0 Å². The number of rotatable bonds is 6. The Morgan fingerprint density at radius 2 is 1.87 bits per heavy atom. The number of likely N-dealkylation sites (N-methyl/N-ethyl adjacent to an activating group) is 1. The summed E-state index contributed by atoms with van der Waals surface area (Å²) in [5.41, 5.74) is 3.43. The van der Waals surface area contributed by atoms with Crippen molar-refractivity contribution in [1.82, 2.24) is 30.2 Å². The molecule has 196 valence electrons. The van der Waals surface area contributed by atoms with Crippen molar-refractivity contribution in [3.63, 3.8) is 0 Å². The fourth-order valence-corrected chi connectivity index (χ4v) is 5.73. The molecular formula is C28H30ClN7OS. The molecule has 0 unspecified atom stereocenters. The molecule has 1 aliphatic heterocycles. The van der Waals surface area contributed by atoms with Crippen LogP contribution in [0.15, 0.2) is 58.7 Å². The van der Waals surface area contributed by atoms with Crippen LogP contribution in [0.5, 0.6) is 0 Å². The van der Waals surface area contributed by atoms with Crippen LogP contribution in [0, 0.1) is 13.8 Å². The Hall–Kier alpha value is -3.27. The molecule has 0 radical (unpaired) electrons. The predicted octanol–water partition coefficient (Wildman–Crippen LogP) is 4.91. The Bertz CT molecular complexity index is 1460. The third-order valence-corrected chi connectivity index (χ3v) is 8.13. The van der Waals surface area contributed by atoms with Crippen molar-refractivity contribution >= 4 is 46.1 Å². The van der Waals surface area contributed by atoms with Crippen LogP contribution in [-0.4, -0.2) is 64.0 Å². The number of nitrogens with zero attached hydrogens (tertiary/aromatic N) is 6. The molecule has 4 heterocycles. The molecule has 0 aliphatic carbocycles. The van der Waals surface area contributed by atoms with Crippen LogP contribution in [0.3, 0.4) is 0 Å². The first kappa shape index (κ1) is 26.3. The predicted molar refractivity (Wildman–Crippen MR) is 152 cm³/mol. The van der Waals surface area contributed by atoms with Crippen LogP contribution in [0.4, 0.5) is 5.82 Å². The standard InChI is InChI=1S/C28H30ClN7OS/c1-18-7-4-5-8-22(18)38-28-24(27(37)32-17-20-16-30-19(2)15-31-20)25(29)21-9-10-23(33-26(21)34-28)36-12-6-11-35(3)13-14-36/h4-5,7-10,15-16H,6,11-14,17H2,1-3H3,(H,32,37). The van der Waals surface area contributed by atoms with Crippen molar-refractivity contribution in [1.29, 1.82) is 0 Å². The maximum absolute atomic E-state index is 13.5. The van der Waals surface area contributed by atoms with Gasteiger partial charge in [0, 0.05) is 36.1 Å². The Kier molecular flexibility index (Phi) is 8.06. The number of hydrogen-bond acceptors (Lipinski definition) is 8. The summed E-state index contributed by atoms with van der Waals surface area (Å²) in [4.78, 5) is 37.5. The van der Waals surface area contributed by atoms with E-state index in [1.54, 1.807) is 12.4 Å². The lowest BCUT2D eigenvalue weighted by Crippen LogP contribution is -2.29. The van der Waals surface area contributed by atoms with Crippen LogP contribution < -0.4 is 10.2 Å². The second kappa shape index (κ2) is 11.6. The summed E-state index contributed by atoms with van der Waals surface area (Å²) >= 11 is 8.35. The van der Waals surface area contributed by atoms with Gasteiger partial charge in [0.25, 0.3) is 5.91 Å². The van der Waals surface area contributed by atoms with E-state index in [2.05, 4.69) is 32.1 Å². The summed E-state index contributed by atoms with van der Waals surface area (Å²) in [7, 11) is 2.14. The van der Waals surface area contributed by atoms with E-state index in [-0.39, 0.29) is 12.5 Å². The number of nitrogens with one attached hydrogen (secondary N) is 1. The molecular weight excluding hydrogens is 518 g/mol. The third kappa shape index (κ3) is 5.90. The lowest BCUT2D eigenvalue weighted by atomic mass is 10.2. The summed E-state index contributed by atoms with van der Waals surface area (Å²) in [6.45, 7) is 8.02. The van der Waals surface area contributed by atoms with Crippen LogP contribution in [0.25, 0.3) is 11.0 Å². The normalized spacial score (nSPS) is 14.5. The van der Waals surface area contributed by atoms with E-state index in [9.17, 15) is 4.79 Å². The smallest absolute Gasteiger partial charge is 0.255 e. The second-order valence-corrected chi connectivity index (χ2v) is 10.9. The number of aryl methyl sites for hydroxylation is 2. The highest BCUT2D eigenvalue weighted by Crippen LogP contribution is 2.37. The Morgan fingerprint density at radius 1 is 1.03 bits per heavy atom. The fourth-order valence-electron chi connectivity index (χ4n) is 4.34. The number of hydrogen-bond donors (Lipinski definition) is 1. The van der Waals surface area contributed by atoms with Crippen LogP contribution in [0.2, 0.25) is 5.02 Å². The molecule has 0 saturated carbocycles. The summed E-state index contributed by atoms with van der Waals surface area (Å²) < 4.78 is 0. The van der Waals surface area contributed by atoms with Gasteiger partial charge in [-0.2, -0.15) is 0 Å². The molecule has 0 atom stereocenters. The third-order valence-electron chi connectivity index (χ3n) is 6.57. The first-order chi connectivity index (χ1) is 18.4. The van der Waals surface area contributed by atoms with Crippen LogP contribution >= 0.6 is 23.4 Å². The summed E-state index contributed by atoms with van der Waals surface area (Å²) in [5.74, 6) is 0.556. The van der Waals surface area contributed by atoms with Gasteiger partial charge in [-0.3, -0.25) is 14.8 Å². The maximum Gasteiger partial charge on any atom is 0.255 e. The van der Waals surface area contributed by atoms with Crippen molar-refractivity contribution in [2.24, 2.45) is 0 Å². The quantitative estimate of drug-likeness (QED) is 0.364. The average molecular weight is 548 g/mol. The molecule has 10 heteroatoms. The lowest BCUT2D eigenvalue weighted by Gasteiger charge is -2.22. The van der Waals surface area contributed by atoms with E-state index in [1.165, 1.54) is 11.8 Å². The van der Waals surface area contributed by atoms with E-state index in [0.717, 1.165) is 54.6 Å². The summed E-state index contributed by atoms with van der Waals surface area (Å²) in [5, 5.41) is 4.45. The lowest BCUT2D eigenvalue weighted by molar-refractivity contribution is 0.0947. The summed E-state index contributed by atoms with van der Waals surface area (Å²) in [6, 6.07) is 11.9. The van der Waals surface area contributed by atoms with E-state index in [1.807, 2.05) is 50.2 Å². The molecule has 5 rings (SSSR count). The zero-order valence-electron chi connectivity index (χ0n) is 21.7. The van der Waals surface area contributed by atoms with Gasteiger partial charge in [0.15, 0.2) is 5.65 Å². The molecule has 8 nitrogen and oxygen atoms in total. The molecule has 4 aromatic rings. The van der Waals surface area contributed by atoms with Gasteiger partial charge in [-0.05, 0) is 57.6 Å². The van der Waals surface area contributed by atoms with Crippen LogP contribution in [-0.2, 0) is 6.54 Å². The van der Waals surface area contributed by atoms with Gasteiger partial charge in [0.2, 0.25) is 0 Å². The topological polar surface area (TPSA) is 87.1 Å². The van der Waals surface area contributed by atoms with Crippen LogP contribution in [0.1, 0.15) is 33.7 Å². The zero-order chi connectivity index (χ0) is 26.6. The fraction of sp³-hybridized carbons (Fsp3) is 0.321. The number of carbonyl (C=O) groups is 1. The van der Waals surface area contributed by atoms with Crippen molar-refractivity contribution in [2.45, 2.75) is 36.7 Å². The highest BCUT2D eigenvalue weighted by molar-refractivity contribution is 7.99. The van der Waals surface area contributed by atoms with Crippen molar-refractivity contribution < 1.29 is 4.79 Å². The SMILES string of the molecule is Cc1cnc(CNC(=O)c2c(Sc3ccccc3C)nc3nc(N4CCCN(C)CC4)ccc3c2Cl)cn1. The number of aromatic nitrogens is 4. The molecule has 1 saturated heterocycles. The molecule has 1 fully saturated rings. The number of pyridine rings is 2. The van der Waals surface area contributed by atoms with Crippen molar-refractivity contribution in [3.8, 4) is 0 Å². The molecule has 1 aliphatic rings. The summed E-state index contributed by atoms with van der Waals surface area (Å²) in [6.07, 6.45) is 4.41. The van der Waals surface area contributed by atoms with Crippen molar-refractivity contribution in [3.05, 3.63) is 76.3 Å². The number of amides is 1. The molecule has 1 N–H and O–H groups in total. The average Bonchev–Trinajstić information content (AvgIpc) is 3.13. The van der Waals surface area contributed by atoms with Gasteiger partial charge in [0.1, 0.15) is 10.8 Å². The minimum Gasteiger partial charge on any atom is -0.355 e. The highest BCUT2D eigenvalue weighted by atomic mass is 35.5. The molecule has 1 amide bonds. The Labute approximate surface area is 231 Å². The van der Waals surface area contributed by atoms with Gasteiger partial charge >= 0.3 is 0 Å². The number of halogens is 1. The Balaban J connectivity index is 1.52. The number of anilines is 1. The largest absolute Gasteiger partial charge is 0.355 e. The van der Waals surface area contributed by atoms with E-state index in [0.29, 0.717) is 32.3 Å². The van der Waals surface area contributed by atoms with E-state index in [4.69, 9.17) is 21.6 Å². The van der Waals surface area contributed by atoms with Gasteiger partial charge in [-0.1, -0.05) is 41.6 Å². The first-order valence-electron chi connectivity index (χ1n) is 12.6. The zero-order valence-corrected chi connectivity index (χ0v) is 23.3. The maximum atomic E-state index is 13.5. The number of benzene rings is 1. The van der Waals surface area contributed by atoms with Gasteiger partial charge in [-0.25, -0.2) is 9.97 Å². The highest BCUT2D eigenvalue weighted by Gasteiger charge is 2.23. The minimum absolute atomic E-state index is 0.232. The Morgan fingerprint density at radius 3 is 2.66 bits per heavy atom. The minimum atomic E-state index is -0.317. The van der Waals surface area contributed by atoms with Gasteiger partial charge in [-0.15, -0.1) is 0 Å². The van der Waals surface area contributed by atoms with Crippen molar-refractivity contribution in [2.75, 3.05) is 38.1 Å². The number of carbonyl (C=O) groups excluding carboxylic acids is 1. The number of fused-ring (bicyclic) bond motifs is 1. The van der Waals surface area contributed by atoms with Gasteiger partial charge < -0.3 is 15.1 Å². The molecule has 38 heavy (non-hydrogen) atoms.